The van der Waals surface area contributed by atoms with E-state index in [1.54, 1.807) is 30.3 Å². The number of ketones is 2. The Kier molecular flexibility index (Phi) is 8.73. The summed E-state index contributed by atoms with van der Waals surface area (Å²) in [5.74, 6) is -1.49. The molecule has 0 spiro atoms. The molecule has 0 radical (unpaired) electrons. The summed E-state index contributed by atoms with van der Waals surface area (Å²) in [6, 6.07) is 8.51. The van der Waals surface area contributed by atoms with Crippen LogP contribution in [0.1, 0.15) is 76.8 Å². The van der Waals surface area contributed by atoms with Gasteiger partial charge >= 0.3 is 5.97 Å². The molecule has 6 nitrogen and oxygen atoms in total. The second kappa shape index (κ2) is 11.8. The fraction of sp³-hybridized carbons (Fsp3) is 0.424. The van der Waals surface area contributed by atoms with Gasteiger partial charge in [-0.1, -0.05) is 80.2 Å². The first-order chi connectivity index (χ1) is 20.1. The molecule has 3 aliphatic rings. The average Bonchev–Trinajstić information content (AvgIpc) is 2.86. The summed E-state index contributed by atoms with van der Waals surface area (Å²) in [6.07, 6.45) is 1.63. The van der Waals surface area contributed by atoms with Gasteiger partial charge in [-0.3, -0.25) is 14.4 Å². The van der Waals surface area contributed by atoms with Crippen molar-refractivity contribution < 1.29 is 24.2 Å². The summed E-state index contributed by atoms with van der Waals surface area (Å²) in [6.45, 7) is 8.41. The number of rotatable bonds is 7. The van der Waals surface area contributed by atoms with Crippen LogP contribution >= 0.6 is 46.4 Å². The summed E-state index contributed by atoms with van der Waals surface area (Å²) in [5, 5.41) is 11.0. The van der Waals surface area contributed by atoms with Crippen molar-refractivity contribution in [3.05, 3.63) is 84.1 Å². The number of carbonyl (C=O) groups excluding carboxylic acids is 2. The molecular formula is C33H33Cl4NO5. The summed E-state index contributed by atoms with van der Waals surface area (Å²) in [7, 11) is 0. The highest BCUT2D eigenvalue weighted by Gasteiger charge is 2.49. The second-order valence-corrected chi connectivity index (χ2v) is 14.8. The van der Waals surface area contributed by atoms with Crippen LogP contribution in [-0.2, 0) is 21.0 Å². The molecule has 1 aliphatic heterocycles. The van der Waals surface area contributed by atoms with Crippen molar-refractivity contribution in [1.29, 1.82) is 0 Å². The first-order valence-electron chi connectivity index (χ1n) is 14.1. The number of aliphatic carboxylic acids is 1. The number of halogens is 4. The standard InChI is InChI=1S/C33H33Cl4NO5/c1-32(2)12-23-29(25(39)14-32)28(30-24(38(23)8-7-27(41)42)13-33(3,4)15-26(30)40)18-9-21(36)31(22(37)10-18)43-16-17-5-6-19(34)11-20(17)35/h5-6,9-11,28H,7-8,12-16H2,1-4H3,(H,41,42). The van der Waals surface area contributed by atoms with Gasteiger partial charge in [-0.2, -0.15) is 0 Å². The Labute approximate surface area is 271 Å². The van der Waals surface area contributed by atoms with Crippen molar-refractivity contribution in [2.24, 2.45) is 10.8 Å². The minimum Gasteiger partial charge on any atom is -0.486 e. The highest BCUT2D eigenvalue weighted by atomic mass is 35.5. The van der Waals surface area contributed by atoms with Crippen LogP contribution in [-0.4, -0.2) is 34.1 Å². The number of allylic oxidation sites excluding steroid dienone is 4. The number of Topliss-reactive ketones (excluding diaryl/α,β-unsaturated/α-hetero) is 2. The number of carboxylic acids is 1. The highest BCUT2D eigenvalue weighted by molar-refractivity contribution is 6.37. The third-order valence-corrected chi connectivity index (χ3v) is 9.46. The van der Waals surface area contributed by atoms with E-state index in [1.165, 1.54) is 0 Å². The van der Waals surface area contributed by atoms with Gasteiger partial charge in [0.15, 0.2) is 17.3 Å². The van der Waals surface area contributed by atoms with Crippen molar-refractivity contribution >= 4 is 63.9 Å². The number of hydrogen-bond donors (Lipinski definition) is 1. The zero-order valence-corrected chi connectivity index (χ0v) is 27.5. The second-order valence-electron chi connectivity index (χ2n) is 13.2. The van der Waals surface area contributed by atoms with E-state index in [0.29, 0.717) is 58.0 Å². The van der Waals surface area contributed by atoms with Crippen molar-refractivity contribution in [1.82, 2.24) is 4.90 Å². The Morgan fingerprint density at radius 1 is 0.860 bits per heavy atom. The third kappa shape index (κ3) is 6.49. The summed E-state index contributed by atoms with van der Waals surface area (Å²) < 4.78 is 5.99. The van der Waals surface area contributed by atoms with E-state index in [4.69, 9.17) is 51.1 Å². The van der Waals surface area contributed by atoms with E-state index in [9.17, 15) is 19.5 Å². The molecule has 2 aromatic carbocycles. The molecule has 0 saturated carbocycles. The van der Waals surface area contributed by atoms with E-state index >= 15 is 0 Å². The fourth-order valence-corrected chi connectivity index (χ4v) is 7.61. The molecule has 2 aromatic rings. The molecule has 228 valence electrons. The number of hydrogen-bond acceptors (Lipinski definition) is 5. The predicted molar refractivity (Wildman–Crippen MR) is 169 cm³/mol. The lowest BCUT2D eigenvalue weighted by Gasteiger charge is -2.49. The van der Waals surface area contributed by atoms with Gasteiger partial charge in [0.25, 0.3) is 0 Å². The molecule has 0 bridgehead atoms. The van der Waals surface area contributed by atoms with Crippen LogP contribution in [0.3, 0.4) is 0 Å². The predicted octanol–water partition coefficient (Wildman–Crippen LogP) is 9.04. The van der Waals surface area contributed by atoms with Crippen molar-refractivity contribution in [2.45, 2.75) is 72.3 Å². The molecule has 0 atom stereocenters. The Balaban J connectivity index is 1.63. The van der Waals surface area contributed by atoms with Crippen LogP contribution in [0.15, 0.2) is 52.9 Å². The van der Waals surface area contributed by atoms with Gasteiger partial charge in [0.05, 0.1) is 16.5 Å². The number of ether oxygens (including phenoxy) is 1. The molecule has 0 unspecified atom stereocenters. The molecule has 10 heteroatoms. The summed E-state index contributed by atoms with van der Waals surface area (Å²) in [4.78, 5) is 41.5. The number of nitrogens with zero attached hydrogens (tertiary/aromatic N) is 1. The van der Waals surface area contributed by atoms with E-state index in [0.717, 1.165) is 11.4 Å². The highest BCUT2D eigenvalue weighted by Crippen LogP contribution is 2.55. The van der Waals surface area contributed by atoms with Crippen molar-refractivity contribution in [3.63, 3.8) is 0 Å². The van der Waals surface area contributed by atoms with Gasteiger partial charge in [0.1, 0.15) is 6.61 Å². The summed E-state index contributed by atoms with van der Waals surface area (Å²) in [5.41, 5.74) is 3.25. The molecule has 0 fully saturated rings. The lowest BCUT2D eigenvalue weighted by Crippen LogP contribution is -2.45. The maximum Gasteiger partial charge on any atom is 0.305 e. The molecular weight excluding hydrogens is 632 g/mol. The van der Waals surface area contributed by atoms with Gasteiger partial charge in [-0.15, -0.1) is 0 Å². The van der Waals surface area contributed by atoms with Gasteiger partial charge in [0.2, 0.25) is 0 Å². The summed E-state index contributed by atoms with van der Waals surface area (Å²) >= 11 is 25.9. The van der Waals surface area contributed by atoms with Crippen molar-refractivity contribution in [3.8, 4) is 5.75 Å². The lowest BCUT2D eigenvalue weighted by atomic mass is 9.63. The SMILES string of the molecule is CC1(C)CC(=O)C2=C(C1)N(CCC(=O)O)C1=C(C(=O)CC(C)(C)C1)C2c1cc(Cl)c(OCc2ccc(Cl)cc2Cl)c(Cl)c1. The van der Waals surface area contributed by atoms with Gasteiger partial charge in [0, 0.05) is 63.5 Å². The van der Waals surface area contributed by atoms with Crippen LogP contribution in [0.25, 0.3) is 0 Å². The van der Waals surface area contributed by atoms with Crippen LogP contribution in [0.4, 0.5) is 0 Å². The third-order valence-electron chi connectivity index (χ3n) is 8.31. The first-order valence-corrected chi connectivity index (χ1v) is 15.7. The van der Waals surface area contributed by atoms with Gasteiger partial charge in [-0.25, -0.2) is 0 Å². The molecule has 1 N–H and O–H groups in total. The Bertz CT molecular complexity index is 1530. The zero-order valence-electron chi connectivity index (χ0n) is 24.5. The molecule has 0 saturated heterocycles. The van der Waals surface area contributed by atoms with Crippen molar-refractivity contribution in [2.75, 3.05) is 6.54 Å². The maximum atomic E-state index is 13.9. The molecule has 0 amide bonds. The van der Waals surface area contributed by atoms with E-state index in [1.807, 2.05) is 32.6 Å². The zero-order chi connectivity index (χ0) is 31.4. The Hall–Kier alpha value is -2.51. The minimum absolute atomic E-state index is 0.0642. The fourth-order valence-electron chi connectivity index (χ4n) is 6.53. The molecule has 0 aromatic heterocycles. The van der Waals surface area contributed by atoms with Gasteiger partial charge in [-0.05, 0) is 53.5 Å². The van der Waals surface area contributed by atoms with Crippen LogP contribution in [0, 0.1) is 10.8 Å². The molecule has 5 rings (SSSR count). The number of carbonyl (C=O) groups is 3. The Morgan fingerprint density at radius 3 is 1.88 bits per heavy atom. The maximum absolute atomic E-state index is 13.9. The normalized spacial score (nSPS) is 19.9. The minimum atomic E-state index is -0.941. The topological polar surface area (TPSA) is 83.9 Å². The largest absolute Gasteiger partial charge is 0.486 e. The van der Waals surface area contributed by atoms with Crippen LogP contribution in [0.5, 0.6) is 5.75 Å². The Morgan fingerprint density at radius 2 is 1.40 bits per heavy atom. The molecule has 43 heavy (non-hydrogen) atoms. The van der Waals surface area contributed by atoms with E-state index in [2.05, 4.69) is 0 Å². The smallest absolute Gasteiger partial charge is 0.305 e. The van der Waals surface area contributed by atoms with E-state index in [-0.39, 0.29) is 57.8 Å². The van der Waals surface area contributed by atoms with E-state index < -0.39 is 11.9 Å². The van der Waals surface area contributed by atoms with Crippen LogP contribution < -0.4 is 4.74 Å². The number of benzene rings is 2. The first kappa shape index (κ1) is 31.9. The lowest BCUT2D eigenvalue weighted by molar-refractivity contribution is -0.137. The van der Waals surface area contributed by atoms with Crippen LogP contribution in [0.2, 0.25) is 20.1 Å². The number of carboxylic acid groups (broad SMARTS) is 1. The molecule has 1 heterocycles. The van der Waals surface area contributed by atoms with Gasteiger partial charge < -0.3 is 14.7 Å². The molecule has 2 aliphatic carbocycles. The quantitative estimate of drug-likeness (QED) is 0.318. The average molecular weight is 665 g/mol. The monoisotopic (exact) mass is 663 g/mol.